The summed E-state index contributed by atoms with van der Waals surface area (Å²) in [7, 11) is 0. The Labute approximate surface area is 276 Å². The van der Waals surface area contributed by atoms with Crippen LogP contribution in [0.4, 0.5) is 0 Å². The molecule has 0 aliphatic rings. The van der Waals surface area contributed by atoms with Gasteiger partial charge < -0.3 is 0 Å². The molecule has 266 valence electrons. The average molecular weight is 603 g/mol. The molecule has 0 saturated heterocycles. The molecule has 0 radical (unpaired) electrons. The highest BCUT2D eigenvalue weighted by molar-refractivity contribution is 4.34. The second-order valence-electron chi connectivity index (χ2n) is 11.9. The van der Waals surface area contributed by atoms with Gasteiger partial charge in [0.1, 0.15) is 0 Å². The van der Waals surface area contributed by atoms with Crippen molar-refractivity contribution < 1.29 is 0 Å². The van der Waals surface area contributed by atoms with E-state index in [1.165, 1.54) is 180 Å². The minimum atomic E-state index is 1.36. The van der Waals surface area contributed by atoms with E-state index in [2.05, 4.69) is 96.9 Å². The van der Waals surface area contributed by atoms with Crippen molar-refractivity contribution in [2.24, 2.45) is 0 Å². The number of rotatable bonds is 21. The van der Waals surface area contributed by atoms with Gasteiger partial charge in [0.2, 0.25) is 0 Å². The van der Waals surface area contributed by atoms with Gasteiger partial charge in [0, 0.05) is 0 Å². The van der Waals surface area contributed by atoms with Crippen molar-refractivity contribution in [3.8, 4) is 0 Å². The van der Waals surface area contributed by atoms with Gasteiger partial charge in [0.15, 0.2) is 0 Å². The lowest BCUT2D eigenvalue weighted by atomic mass is 10.2. The monoisotopic (exact) mass is 603 g/mol. The fraction of sp³-hybridized carbons (Fsp3) is 1.00. The Bertz CT molecular complexity index is 163. The van der Waals surface area contributed by atoms with E-state index in [9.17, 15) is 0 Å². The molecule has 0 aromatic rings. The summed E-state index contributed by atoms with van der Waals surface area (Å²) in [5, 5.41) is 0. The van der Waals surface area contributed by atoms with Crippen molar-refractivity contribution in [1.29, 1.82) is 0 Å². The molecule has 0 unspecified atom stereocenters. The van der Waals surface area contributed by atoms with E-state index in [1.807, 2.05) is 0 Å². The van der Waals surface area contributed by atoms with E-state index in [-0.39, 0.29) is 0 Å². The maximum Gasteiger partial charge on any atom is -0.0536 e. The molecule has 0 aromatic heterocycles. The van der Waals surface area contributed by atoms with Crippen molar-refractivity contribution >= 4 is 0 Å². The summed E-state index contributed by atoms with van der Waals surface area (Å²) >= 11 is 0. The quantitative estimate of drug-likeness (QED) is 0.115. The highest BCUT2D eigenvalue weighted by atomic mass is 13.8. The summed E-state index contributed by atoms with van der Waals surface area (Å²) in [5.41, 5.74) is 0. The largest absolute Gasteiger partial charge is 0.0654 e. The molecule has 0 saturated carbocycles. The molecule has 0 aliphatic heterocycles. The van der Waals surface area contributed by atoms with Crippen LogP contribution in [0.3, 0.4) is 0 Å². The Hall–Kier alpha value is 0. The Morgan fingerprint density at radius 2 is 0.167 bits per heavy atom. The van der Waals surface area contributed by atoms with Crippen LogP contribution in [-0.4, -0.2) is 0 Å². The molecular formula is C42H98. The van der Waals surface area contributed by atoms with E-state index in [4.69, 9.17) is 0 Å². The Kier molecular flexibility index (Phi) is 115. The summed E-state index contributed by atoms with van der Waals surface area (Å²) in [6.07, 6.45) is 38.8. The topological polar surface area (TPSA) is 0 Å². The van der Waals surface area contributed by atoms with E-state index >= 15 is 0 Å². The zero-order valence-corrected chi connectivity index (χ0v) is 33.8. The van der Waals surface area contributed by atoms with E-state index in [1.54, 1.807) is 0 Å². The summed E-state index contributed by atoms with van der Waals surface area (Å²) in [6, 6.07) is 0. The molecule has 0 rings (SSSR count). The average Bonchev–Trinajstić information content (AvgIpc) is 3.03. The van der Waals surface area contributed by atoms with Crippen molar-refractivity contribution in [3.05, 3.63) is 0 Å². The third-order valence-electron chi connectivity index (χ3n) is 6.70. The second-order valence-corrected chi connectivity index (χ2v) is 11.9. The van der Waals surface area contributed by atoms with Gasteiger partial charge in [-0.1, -0.05) is 277 Å². The molecule has 0 bridgehead atoms. The first-order valence-corrected chi connectivity index (χ1v) is 20.4. The highest BCUT2D eigenvalue weighted by Gasteiger charge is 1.78. The smallest absolute Gasteiger partial charge is 0.0536 e. The molecule has 0 spiro atoms. The zero-order chi connectivity index (χ0) is 33.8. The molecule has 0 heterocycles. The first-order chi connectivity index (χ1) is 20.4. The first kappa shape index (κ1) is 57.6. The normalized spacial score (nSPS) is 9.00. The maximum atomic E-state index is 2.23. The fourth-order valence-corrected chi connectivity index (χ4v) is 3.50. The van der Waals surface area contributed by atoms with E-state index in [0.717, 1.165) is 0 Å². The predicted octanol–water partition coefficient (Wildman–Crippen LogP) is 18.1. The second kappa shape index (κ2) is 83.7. The third-order valence-corrected chi connectivity index (χ3v) is 6.70. The van der Waals surface area contributed by atoms with Crippen molar-refractivity contribution in [1.82, 2.24) is 0 Å². The van der Waals surface area contributed by atoms with Crippen LogP contribution in [0.5, 0.6) is 0 Å². The fourth-order valence-electron chi connectivity index (χ4n) is 3.50. The van der Waals surface area contributed by atoms with Gasteiger partial charge in [-0.05, 0) is 0 Å². The first-order valence-electron chi connectivity index (χ1n) is 20.4. The lowest BCUT2D eigenvalue weighted by Gasteiger charge is -1.86. The molecule has 0 aromatic carbocycles. The number of unbranched alkanes of at least 4 members (excludes halogenated alkanes) is 21. The summed E-state index contributed by atoms with van der Waals surface area (Å²) < 4.78 is 0. The van der Waals surface area contributed by atoms with Crippen molar-refractivity contribution in [2.45, 2.75) is 277 Å². The van der Waals surface area contributed by atoms with E-state index in [0.29, 0.717) is 0 Å². The SMILES string of the molecule is CCCCCC.CCCCCC.CCCCCC.CCCCCC.CCCCCC.CCCCCC.CCCCCC. The third kappa shape index (κ3) is 138. The Balaban J connectivity index is -0.0000000681. The van der Waals surface area contributed by atoms with E-state index < -0.39 is 0 Å². The van der Waals surface area contributed by atoms with Crippen LogP contribution in [0.15, 0.2) is 0 Å². The standard InChI is InChI=1S/7C6H14/c7*1-3-5-6-4-2/h7*3-6H2,1-2H3. The molecule has 0 atom stereocenters. The van der Waals surface area contributed by atoms with Gasteiger partial charge in [0.25, 0.3) is 0 Å². The van der Waals surface area contributed by atoms with Gasteiger partial charge in [0.05, 0.1) is 0 Å². The zero-order valence-electron chi connectivity index (χ0n) is 33.8. The predicted molar refractivity (Wildman–Crippen MR) is 209 cm³/mol. The molecule has 42 heavy (non-hydrogen) atoms. The number of hydrogen-bond donors (Lipinski definition) is 0. The molecule has 0 fully saturated rings. The lowest BCUT2D eigenvalue weighted by Crippen LogP contribution is -1.66. The highest BCUT2D eigenvalue weighted by Crippen LogP contribution is 1.98. The maximum absolute atomic E-state index is 2.23. The van der Waals surface area contributed by atoms with Crippen LogP contribution in [0, 0.1) is 0 Å². The Morgan fingerprint density at radius 3 is 0.190 bits per heavy atom. The minimum absolute atomic E-state index is 1.36. The summed E-state index contributed by atoms with van der Waals surface area (Å²) in [5.74, 6) is 0. The Morgan fingerprint density at radius 1 is 0.119 bits per heavy atom. The van der Waals surface area contributed by atoms with Crippen molar-refractivity contribution in [3.63, 3.8) is 0 Å². The summed E-state index contributed by atoms with van der Waals surface area (Å²) in [4.78, 5) is 0. The van der Waals surface area contributed by atoms with Crippen LogP contribution in [0.2, 0.25) is 0 Å². The molecular weight excluding hydrogens is 504 g/mol. The molecule has 0 heteroatoms. The molecule has 0 N–H and O–H groups in total. The molecule has 0 aliphatic carbocycles. The van der Waals surface area contributed by atoms with Gasteiger partial charge in [-0.15, -0.1) is 0 Å². The van der Waals surface area contributed by atoms with Gasteiger partial charge in [-0.2, -0.15) is 0 Å². The van der Waals surface area contributed by atoms with Crippen LogP contribution >= 0.6 is 0 Å². The van der Waals surface area contributed by atoms with Crippen LogP contribution in [0.25, 0.3) is 0 Å². The van der Waals surface area contributed by atoms with Crippen LogP contribution in [-0.2, 0) is 0 Å². The van der Waals surface area contributed by atoms with Crippen molar-refractivity contribution in [2.75, 3.05) is 0 Å². The molecule has 0 nitrogen and oxygen atoms in total. The van der Waals surface area contributed by atoms with Gasteiger partial charge >= 0.3 is 0 Å². The van der Waals surface area contributed by atoms with Gasteiger partial charge in [-0.3, -0.25) is 0 Å². The lowest BCUT2D eigenvalue weighted by molar-refractivity contribution is 0.702. The number of hydrogen-bond acceptors (Lipinski definition) is 0. The summed E-state index contributed by atoms with van der Waals surface area (Å²) in [6.45, 7) is 31.2. The van der Waals surface area contributed by atoms with Crippen LogP contribution < -0.4 is 0 Å². The molecule has 0 amide bonds. The van der Waals surface area contributed by atoms with Crippen LogP contribution in [0.1, 0.15) is 277 Å². The van der Waals surface area contributed by atoms with Gasteiger partial charge in [-0.25, -0.2) is 0 Å². The minimum Gasteiger partial charge on any atom is -0.0654 e.